The molecule has 0 heterocycles. The van der Waals surface area contributed by atoms with Crippen LogP contribution in [-0.2, 0) is 18.5 Å². The summed E-state index contributed by atoms with van der Waals surface area (Å²) in [5, 5.41) is 3.56. The first-order valence-corrected chi connectivity index (χ1v) is 11.0. The van der Waals surface area contributed by atoms with Crippen molar-refractivity contribution in [3.8, 4) is 11.5 Å². The summed E-state index contributed by atoms with van der Waals surface area (Å²) in [5.74, 6) is 1.79. The first kappa shape index (κ1) is 23.3. The zero-order valence-electron chi connectivity index (χ0n) is 19.3. The molecule has 29 heavy (non-hydrogen) atoms. The second-order valence-corrected chi connectivity index (χ2v) is 8.99. The molecule has 0 fully saturated rings. The molecule has 0 aromatic heterocycles. The van der Waals surface area contributed by atoms with Crippen LogP contribution in [-0.4, -0.2) is 12.2 Å². The van der Waals surface area contributed by atoms with Crippen molar-refractivity contribution in [1.29, 1.82) is 0 Å². The predicted octanol–water partition coefficient (Wildman–Crippen LogP) is 6.63. The maximum Gasteiger partial charge on any atom is 0.127 e. The van der Waals surface area contributed by atoms with Crippen molar-refractivity contribution in [2.24, 2.45) is 0 Å². The fourth-order valence-electron chi connectivity index (χ4n) is 2.94. The lowest BCUT2D eigenvalue weighted by atomic mass is 9.87. The van der Waals surface area contributed by atoms with E-state index in [2.05, 4.69) is 84.1 Å². The first-order valence-electron chi connectivity index (χ1n) is 11.0. The summed E-state index contributed by atoms with van der Waals surface area (Å²) in [6, 6.07) is 15.1. The van der Waals surface area contributed by atoms with E-state index in [1.54, 1.807) is 0 Å². The van der Waals surface area contributed by atoms with Crippen molar-refractivity contribution in [2.45, 2.75) is 92.0 Å². The molecule has 0 radical (unpaired) electrons. The highest BCUT2D eigenvalue weighted by Crippen LogP contribution is 2.28. The quantitative estimate of drug-likeness (QED) is 0.488. The van der Waals surface area contributed by atoms with Gasteiger partial charge in [-0.05, 0) is 49.3 Å². The molecule has 2 unspecified atom stereocenters. The molecule has 2 rings (SSSR count). The van der Waals surface area contributed by atoms with Crippen molar-refractivity contribution in [3.05, 3.63) is 59.2 Å². The van der Waals surface area contributed by atoms with Crippen LogP contribution in [0.2, 0.25) is 0 Å². The maximum atomic E-state index is 6.19. The third-order valence-electron chi connectivity index (χ3n) is 5.32. The van der Waals surface area contributed by atoms with Gasteiger partial charge in [0.25, 0.3) is 0 Å². The Morgan fingerprint density at radius 1 is 0.828 bits per heavy atom. The molecular formula is C26H39NO2. The standard InChI is InChI=1S/C26H39NO2/c1-8-19(3)28-24-15-12-22(25(16-24)29-20(4)9-2)18-27-17-21-10-13-23(14-11-21)26(5,6)7/h10-16,19-20,27H,8-9,17-18H2,1-7H3. The van der Waals surface area contributed by atoms with Crippen LogP contribution < -0.4 is 14.8 Å². The molecule has 0 bridgehead atoms. The molecule has 160 valence electrons. The molecule has 0 aliphatic rings. The Hall–Kier alpha value is -2.00. The summed E-state index contributed by atoms with van der Waals surface area (Å²) < 4.78 is 12.2. The topological polar surface area (TPSA) is 30.5 Å². The molecule has 2 aromatic rings. The predicted molar refractivity (Wildman–Crippen MR) is 123 cm³/mol. The molecule has 2 atom stereocenters. The lowest BCUT2D eigenvalue weighted by Gasteiger charge is -2.20. The van der Waals surface area contributed by atoms with Gasteiger partial charge in [-0.2, -0.15) is 0 Å². The minimum absolute atomic E-state index is 0.178. The minimum atomic E-state index is 0.178. The molecule has 2 aromatic carbocycles. The second kappa shape index (κ2) is 10.7. The van der Waals surface area contributed by atoms with E-state index in [1.807, 2.05) is 12.1 Å². The zero-order valence-corrected chi connectivity index (χ0v) is 19.3. The van der Waals surface area contributed by atoms with E-state index in [0.29, 0.717) is 0 Å². The van der Waals surface area contributed by atoms with Crippen molar-refractivity contribution < 1.29 is 9.47 Å². The van der Waals surface area contributed by atoms with Gasteiger partial charge in [0.05, 0.1) is 12.2 Å². The molecular weight excluding hydrogens is 358 g/mol. The smallest absolute Gasteiger partial charge is 0.127 e. The van der Waals surface area contributed by atoms with Gasteiger partial charge < -0.3 is 14.8 Å². The molecule has 3 nitrogen and oxygen atoms in total. The third-order valence-corrected chi connectivity index (χ3v) is 5.32. The van der Waals surface area contributed by atoms with E-state index in [4.69, 9.17) is 9.47 Å². The largest absolute Gasteiger partial charge is 0.491 e. The summed E-state index contributed by atoms with van der Waals surface area (Å²) in [4.78, 5) is 0. The second-order valence-electron chi connectivity index (χ2n) is 8.99. The van der Waals surface area contributed by atoms with Crippen LogP contribution >= 0.6 is 0 Å². The van der Waals surface area contributed by atoms with Crippen LogP contribution in [0.1, 0.15) is 78.0 Å². The Morgan fingerprint density at radius 3 is 2.03 bits per heavy atom. The summed E-state index contributed by atoms with van der Waals surface area (Å²) >= 11 is 0. The van der Waals surface area contributed by atoms with E-state index in [0.717, 1.165) is 43.0 Å². The Labute approximate surface area is 177 Å². The molecule has 0 saturated heterocycles. The number of nitrogens with one attached hydrogen (secondary N) is 1. The molecule has 3 heteroatoms. The Balaban J connectivity index is 2.04. The molecule has 0 saturated carbocycles. The van der Waals surface area contributed by atoms with Gasteiger partial charge in [-0.3, -0.25) is 0 Å². The lowest BCUT2D eigenvalue weighted by molar-refractivity contribution is 0.203. The van der Waals surface area contributed by atoms with E-state index < -0.39 is 0 Å². The average molecular weight is 398 g/mol. The highest BCUT2D eigenvalue weighted by molar-refractivity contribution is 5.41. The van der Waals surface area contributed by atoms with Crippen molar-refractivity contribution in [2.75, 3.05) is 0 Å². The molecule has 0 spiro atoms. The van der Waals surface area contributed by atoms with Crippen LogP contribution in [0, 0.1) is 0 Å². The molecule has 0 aliphatic carbocycles. The van der Waals surface area contributed by atoms with Gasteiger partial charge in [-0.15, -0.1) is 0 Å². The van der Waals surface area contributed by atoms with Crippen molar-refractivity contribution in [3.63, 3.8) is 0 Å². The molecule has 0 aliphatic heterocycles. The van der Waals surface area contributed by atoms with Gasteiger partial charge in [0.1, 0.15) is 11.5 Å². The highest BCUT2D eigenvalue weighted by Gasteiger charge is 2.13. The van der Waals surface area contributed by atoms with Crippen molar-refractivity contribution >= 4 is 0 Å². The zero-order chi connectivity index (χ0) is 21.4. The Kier molecular flexibility index (Phi) is 8.58. The van der Waals surface area contributed by atoms with Crippen LogP contribution in [0.3, 0.4) is 0 Å². The fraction of sp³-hybridized carbons (Fsp3) is 0.538. The van der Waals surface area contributed by atoms with E-state index in [9.17, 15) is 0 Å². The normalized spacial score (nSPS) is 13.8. The summed E-state index contributed by atoms with van der Waals surface area (Å²) in [7, 11) is 0. The number of rotatable bonds is 10. The van der Waals surface area contributed by atoms with Crippen molar-refractivity contribution in [1.82, 2.24) is 5.32 Å². The van der Waals surface area contributed by atoms with Gasteiger partial charge in [-0.1, -0.05) is 65.0 Å². The van der Waals surface area contributed by atoms with Crippen LogP contribution in [0.5, 0.6) is 11.5 Å². The summed E-state index contributed by atoms with van der Waals surface area (Å²) in [6.45, 7) is 16.8. The fourth-order valence-corrected chi connectivity index (χ4v) is 2.94. The number of ether oxygens (including phenoxy) is 2. The van der Waals surface area contributed by atoms with E-state index >= 15 is 0 Å². The Bertz CT molecular complexity index is 746. The van der Waals surface area contributed by atoms with Gasteiger partial charge in [-0.25, -0.2) is 0 Å². The van der Waals surface area contributed by atoms with E-state index in [1.165, 1.54) is 11.1 Å². The number of hydrogen-bond donors (Lipinski definition) is 1. The molecule has 1 N–H and O–H groups in total. The van der Waals surface area contributed by atoms with Crippen LogP contribution in [0.25, 0.3) is 0 Å². The number of benzene rings is 2. The monoisotopic (exact) mass is 397 g/mol. The first-order chi connectivity index (χ1) is 13.7. The van der Waals surface area contributed by atoms with Gasteiger partial charge in [0, 0.05) is 24.7 Å². The molecule has 0 amide bonds. The maximum absolute atomic E-state index is 6.19. The van der Waals surface area contributed by atoms with Gasteiger partial charge in [0.2, 0.25) is 0 Å². The van der Waals surface area contributed by atoms with Gasteiger partial charge in [0.15, 0.2) is 0 Å². The Morgan fingerprint density at radius 2 is 1.45 bits per heavy atom. The van der Waals surface area contributed by atoms with Crippen LogP contribution in [0.15, 0.2) is 42.5 Å². The van der Waals surface area contributed by atoms with Gasteiger partial charge >= 0.3 is 0 Å². The number of hydrogen-bond acceptors (Lipinski definition) is 3. The average Bonchev–Trinajstić information content (AvgIpc) is 2.69. The summed E-state index contributed by atoms with van der Waals surface area (Å²) in [6.07, 6.45) is 2.34. The third kappa shape index (κ3) is 7.40. The highest BCUT2D eigenvalue weighted by atomic mass is 16.5. The summed E-state index contributed by atoms with van der Waals surface area (Å²) in [5.41, 5.74) is 4.00. The SMILES string of the molecule is CCC(C)Oc1ccc(CNCc2ccc(C(C)(C)C)cc2)c(OC(C)CC)c1. The van der Waals surface area contributed by atoms with Crippen LogP contribution in [0.4, 0.5) is 0 Å². The van der Waals surface area contributed by atoms with E-state index in [-0.39, 0.29) is 17.6 Å². The minimum Gasteiger partial charge on any atom is -0.491 e. The lowest BCUT2D eigenvalue weighted by Crippen LogP contribution is -2.17.